The van der Waals surface area contributed by atoms with Crippen LogP contribution in [0.2, 0.25) is 0 Å². The zero-order valence-corrected chi connectivity index (χ0v) is 14.0. The molecule has 4 nitrogen and oxygen atoms in total. The average molecular weight is 323 g/mol. The van der Waals surface area contributed by atoms with Gasteiger partial charge >= 0.3 is 14.0 Å². The molecule has 0 aromatic heterocycles. The minimum absolute atomic E-state index is 0.0793. The van der Waals surface area contributed by atoms with Crippen molar-refractivity contribution in [2.75, 3.05) is 13.3 Å². The van der Waals surface area contributed by atoms with Gasteiger partial charge in [-0.3, -0.25) is 0 Å². The van der Waals surface area contributed by atoms with E-state index in [1.54, 1.807) is 6.07 Å². The van der Waals surface area contributed by atoms with Crippen LogP contribution in [0.15, 0.2) is 24.3 Å². The maximum Gasteiger partial charge on any atom is 0.507 e. The summed E-state index contributed by atoms with van der Waals surface area (Å²) in [6, 6.07) is 7.54. The first-order valence-electron chi connectivity index (χ1n) is 7.97. The third kappa shape index (κ3) is 5.51. The maximum atomic E-state index is 12.2. The van der Waals surface area contributed by atoms with Crippen LogP contribution in [0.1, 0.15) is 54.4 Å². The molecule has 0 aliphatic heterocycles. The van der Waals surface area contributed by atoms with E-state index < -0.39 is 8.03 Å². The van der Waals surface area contributed by atoms with Gasteiger partial charge in [0, 0.05) is 0 Å². The van der Waals surface area contributed by atoms with Crippen LogP contribution >= 0.6 is 8.03 Å². The second kappa shape index (κ2) is 9.02. The van der Waals surface area contributed by atoms with Gasteiger partial charge in [0.2, 0.25) is 0 Å². The predicted octanol–water partition coefficient (Wildman–Crippen LogP) is 4.50. The minimum Gasteiger partial charge on any atom is -0.459 e. The summed E-state index contributed by atoms with van der Waals surface area (Å²) < 4.78 is 21.6. The van der Waals surface area contributed by atoms with E-state index in [0.29, 0.717) is 11.7 Å². The highest BCUT2D eigenvalue weighted by molar-refractivity contribution is 7.39. The van der Waals surface area contributed by atoms with Crippen molar-refractivity contribution in [2.24, 2.45) is 0 Å². The van der Waals surface area contributed by atoms with E-state index >= 15 is 0 Å². The van der Waals surface area contributed by atoms with Crippen LogP contribution in [0.4, 0.5) is 0 Å². The molecule has 1 fully saturated rings. The van der Waals surface area contributed by atoms with Gasteiger partial charge in [-0.15, -0.1) is 4.52 Å². The van der Waals surface area contributed by atoms with E-state index in [9.17, 15) is 9.36 Å². The Kier molecular flexibility index (Phi) is 7.01. The van der Waals surface area contributed by atoms with E-state index in [2.05, 4.69) is 0 Å². The van der Waals surface area contributed by atoms with Gasteiger partial charge in [0.05, 0.1) is 12.7 Å². The molecule has 0 N–H and O–H groups in total. The zero-order valence-electron chi connectivity index (χ0n) is 13.1. The highest BCUT2D eigenvalue weighted by Gasteiger charge is 2.19. The summed E-state index contributed by atoms with van der Waals surface area (Å²) in [4.78, 5) is 12.2. The number of benzene rings is 1. The Morgan fingerprint density at radius 3 is 2.77 bits per heavy atom. The lowest BCUT2D eigenvalue weighted by molar-refractivity contribution is 0.0211. The summed E-state index contributed by atoms with van der Waals surface area (Å²) in [5.41, 5.74) is 1.68. The van der Waals surface area contributed by atoms with E-state index in [1.807, 2.05) is 18.2 Å². The Bertz CT molecular complexity index is 509. The van der Waals surface area contributed by atoms with Crippen LogP contribution < -0.4 is 0 Å². The Labute approximate surface area is 133 Å². The Hall–Kier alpha value is -1.25. The first-order valence-corrected chi connectivity index (χ1v) is 9.34. The van der Waals surface area contributed by atoms with Gasteiger partial charge in [0.15, 0.2) is 6.16 Å². The van der Waals surface area contributed by atoms with Crippen LogP contribution in [0.25, 0.3) is 0 Å². The highest BCUT2D eigenvalue weighted by Crippen LogP contribution is 2.23. The summed E-state index contributed by atoms with van der Waals surface area (Å²) >= 11 is 0. The molecule has 1 unspecified atom stereocenters. The van der Waals surface area contributed by atoms with Gasteiger partial charge in [-0.2, -0.15) is 0 Å². The Morgan fingerprint density at radius 2 is 2.05 bits per heavy atom. The number of carbonyl (C=O) groups excluding carboxylic acids is 1. The third-order valence-electron chi connectivity index (χ3n) is 4.00. The van der Waals surface area contributed by atoms with Crippen molar-refractivity contribution in [3.8, 4) is 0 Å². The summed E-state index contributed by atoms with van der Waals surface area (Å²) in [6.45, 7) is 0. The molecule has 0 bridgehead atoms. The predicted molar refractivity (Wildman–Crippen MR) is 86.5 cm³/mol. The van der Waals surface area contributed by atoms with Crippen molar-refractivity contribution in [3.05, 3.63) is 35.4 Å². The fourth-order valence-corrected chi connectivity index (χ4v) is 3.36. The monoisotopic (exact) mass is 323 g/mol. The summed E-state index contributed by atoms with van der Waals surface area (Å²) in [5, 5.41) is 0. The molecule has 1 aromatic carbocycles. The second-order valence-corrected chi connectivity index (χ2v) is 7.19. The smallest absolute Gasteiger partial charge is 0.459 e. The summed E-state index contributed by atoms with van der Waals surface area (Å²) in [7, 11) is -0.0893. The topological polar surface area (TPSA) is 52.6 Å². The average Bonchev–Trinajstić information content (AvgIpc) is 2.56. The van der Waals surface area contributed by atoms with Gasteiger partial charge in [-0.1, -0.05) is 18.6 Å². The van der Waals surface area contributed by atoms with Crippen LogP contribution in [0.3, 0.4) is 0 Å². The highest BCUT2D eigenvalue weighted by atomic mass is 31.1. The number of ether oxygens (including phenoxy) is 1. The Balaban J connectivity index is 1.86. The van der Waals surface area contributed by atoms with E-state index in [-0.39, 0.29) is 12.1 Å². The molecule has 0 heterocycles. The summed E-state index contributed by atoms with van der Waals surface area (Å²) in [6.07, 6.45) is 7.70. The molecule has 1 saturated carbocycles. The van der Waals surface area contributed by atoms with Crippen molar-refractivity contribution in [2.45, 2.75) is 51.0 Å². The van der Waals surface area contributed by atoms with Gasteiger partial charge in [-0.25, -0.2) is 4.79 Å². The molecule has 1 aromatic rings. The quantitative estimate of drug-likeness (QED) is 0.548. The molecule has 1 atom stereocenters. The van der Waals surface area contributed by atoms with E-state index in [0.717, 1.165) is 44.1 Å². The van der Waals surface area contributed by atoms with Crippen molar-refractivity contribution < 1.29 is 18.6 Å². The molecule has 1 aliphatic rings. The van der Waals surface area contributed by atoms with Crippen LogP contribution in [-0.2, 0) is 20.2 Å². The Morgan fingerprint density at radius 1 is 1.27 bits per heavy atom. The normalized spacial score (nSPS) is 16.3. The fourth-order valence-electron chi connectivity index (χ4n) is 2.76. The molecular weight excluding hydrogens is 299 g/mol. The van der Waals surface area contributed by atoms with Crippen LogP contribution in [-0.4, -0.2) is 25.3 Å². The lowest BCUT2D eigenvalue weighted by Gasteiger charge is -2.21. The molecule has 0 saturated heterocycles. The number of rotatable bonds is 7. The van der Waals surface area contributed by atoms with E-state index in [1.165, 1.54) is 13.5 Å². The van der Waals surface area contributed by atoms with Gasteiger partial charge in [-0.05, 0) is 60.8 Å². The van der Waals surface area contributed by atoms with Crippen molar-refractivity contribution in [3.63, 3.8) is 0 Å². The molecule has 0 spiro atoms. The molecule has 2 rings (SSSR count). The fraction of sp³-hybridized carbons (Fsp3) is 0.588. The molecule has 5 heteroatoms. The molecule has 120 valence electrons. The minimum atomic E-state index is -1.55. The van der Waals surface area contributed by atoms with Gasteiger partial charge in [0.1, 0.15) is 6.10 Å². The zero-order chi connectivity index (χ0) is 15.8. The largest absolute Gasteiger partial charge is 0.507 e. The number of aryl methyl sites for hydroxylation is 1. The first kappa shape index (κ1) is 17.1. The van der Waals surface area contributed by atoms with Gasteiger partial charge in [0.25, 0.3) is 0 Å². The maximum absolute atomic E-state index is 12.2. The first-order chi connectivity index (χ1) is 10.7. The third-order valence-corrected chi connectivity index (χ3v) is 5.09. The molecule has 1 aliphatic carbocycles. The van der Waals surface area contributed by atoms with Crippen molar-refractivity contribution in [1.82, 2.24) is 0 Å². The van der Waals surface area contributed by atoms with Crippen molar-refractivity contribution in [1.29, 1.82) is 0 Å². The number of hydrogen-bond donors (Lipinski definition) is 0. The SMILES string of the molecule is CO[P+](=O)CCCc1cccc(C(=O)OC2CCCCC2)c1. The molecular formula is C17H24O4P+. The van der Waals surface area contributed by atoms with Crippen LogP contribution in [0.5, 0.6) is 0 Å². The number of hydrogen-bond acceptors (Lipinski definition) is 4. The lowest BCUT2D eigenvalue weighted by atomic mass is 9.98. The molecule has 0 radical (unpaired) electrons. The van der Waals surface area contributed by atoms with Gasteiger partial charge < -0.3 is 4.74 Å². The second-order valence-electron chi connectivity index (χ2n) is 5.71. The number of carbonyl (C=O) groups is 1. The van der Waals surface area contributed by atoms with Crippen LogP contribution in [0, 0.1) is 0 Å². The van der Waals surface area contributed by atoms with E-state index in [4.69, 9.17) is 9.26 Å². The van der Waals surface area contributed by atoms with Crippen molar-refractivity contribution >= 4 is 14.0 Å². The standard InChI is InChI=1S/C17H24O4P/c1-20-22(19)12-6-8-14-7-5-9-15(13-14)17(18)21-16-10-3-2-4-11-16/h5,7,9,13,16H,2-4,6,8,10-12H2,1H3/q+1. The molecule has 22 heavy (non-hydrogen) atoms. The summed E-state index contributed by atoms with van der Waals surface area (Å²) in [5.74, 6) is -0.225. The number of esters is 1. The lowest BCUT2D eigenvalue weighted by Crippen LogP contribution is -2.21. The molecule has 0 amide bonds.